The molecule has 3 fully saturated rings. The largest absolute Gasteiger partial charge is 0.487 e. The number of primary amides is 1. The molecule has 3 aliphatic rings. The molecule has 174 valence electrons. The minimum Gasteiger partial charge on any atom is -0.487 e. The van der Waals surface area contributed by atoms with Crippen LogP contribution in [0.5, 0.6) is 11.5 Å². The van der Waals surface area contributed by atoms with Gasteiger partial charge in [0, 0.05) is 30.1 Å². The number of nitrogens with zero attached hydrogens (tertiary/aromatic N) is 1. The van der Waals surface area contributed by atoms with Gasteiger partial charge in [-0.3, -0.25) is 9.59 Å². The fraction of sp³-hybridized carbons (Fsp3) is 0.481. The molecule has 5 rings (SSSR count). The number of anilines is 1. The van der Waals surface area contributed by atoms with Crippen molar-refractivity contribution in [1.29, 1.82) is 0 Å². The predicted molar refractivity (Wildman–Crippen MR) is 127 cm³/mol. The maximum absolute atomic E-state index is 12.9. The molecule has 0 bridgehead atoms. The van der Waals surface area contributed by atoms with Crippen molar-refractivity contribution in [3.05, 3.63) is 53.6 Å². The molecule has 0 radical (unpaired) electrons. The van der Waals surface area contributed by atoms with Crippen LogP contribution in [0.1, 0.15) is 79.6 Å². The smallest absolute Gasteiger partial charge is 0.248 e. The number of carbonyl (C=O) groups excluding carboxylic acids is 2. The molecule has 1 atom stereocenters. The molecule has 6 nitrogen and oxygen atoms in total. The molecular formula is C27H32N2O4. The van der Waals surface area contributed by atoms with Crippen molar-refractivity contribution in [2.24, 2.45) is 5.73 Å². The molecule has 0 spiro atoms. The van der Waals surface area contributed by atoms with Gasteiger partial charge in [-0.15, -0.1) is 0 Å². The number of amides is 2. The van der Waals surface area contributed by atoms with Crippen molar-refractivity contribution >= 4 is 17.5 Å². The highest BCUT2D eigenvalue weighted by Crippen LogP contribution is 2.39. The molecular weight excluding hydrogens is 416 g/mol. The first-order chi connectivity index (χ1) is 16.1. The lowest BCUT2D eigenvalue weighted by Crippen LogP contribution is -2.24. The molecule has 1 aliphatic heterocycles. The molecule has 0 aromatic heterocycles. The van der Waals surface area contributed by atoms with Crippen molar-refractivity contribution in [2.75, 3.05) is 11.4 Å². The van der Waals surface area contributed by atoms with Gasteiger partial charge in [-0.1, -0.05) is 12.1 Å². The number of carbonyl (C=O) groups is 2. The SMILES string of the molecule is NC(=O)c1cccc(N2C[C@H](c3ccc(OC4CCCC4)c(OC4CCCC4)c3)CC2=O)c1. The summed E-state index contributed by atoms with van der Waals surface area (Å²) in [5, 5.41) is 0. The summed E-state index contributed by atoms with van der Waals surface area (Å²) in [5.74, 6) is 1.25. The van der Waals surface area contributed by atoms with E-state index in [1.165, 1.54) is 25.7 Å². The summed E-state index contributed by atoms with van der Waals surface area (Å²) in [7, 11) is 0. The summed E-state index contributed by atoms with van der Waals surface area (Å²) in [6.45, 7) is 0.562. The first-order valence-corrected chi connectivity index (χ1v) is 12.2. The van der Waals surface area contributed by atoms with Crippen LogP contribution < -0.4 is 20.1 Å². The Hall–Kier alpha value is -3.02. The van der Waals surface area contributed by atoms with Crippen LogP contribution >= 0.6 is 0 Å². The highest BCUT2D eigenvalue weighted by molar-refractivity contribution is 5.99. The Kier molecular flexibility index (Phi) is 6.25. The van der Waals surface area contributed by atoms with Gasteiger partial charge in [0.1, 0.15) is 0 Å². The van der Waals surface area contributed by atoms with Gasteiger partial charge in [0.25, 0.3) is 0 Å². The monoisotopic (exact) mass is 448 g/mol. The minimum atomic E-state index is -0.494. The number of hydrogen-bond donors (Lipinski definition) is 1. The fourth-order valence-corrected chi connectivity index (χ4v) is 5.35. The average molecular weight is 449 g/mol. The van der Waals surface area contributed by atoms with Gasteiger partial charge in [-0.25, -0.2) is 0 Å². The molecule has 33 heavy (non-hydrogen) atoms. The normalized spacial score (nSPS) is 21.6. The van der Waals surface area contributed by atoms with E-state index in [2.05, 4.69) is 12.1 Å². The number of ether oxygens (including phenoxy) is 2. The second-order valence-electron chi connectivity index (χ2n) is 9.57. The quantitative estimate of drug-likeness (QED) is 0.650. The van der Waals surface area contributed by atoms with E-state index in [1.807, 2.05) is 12.1 Å². The summed E-state index contributed by atoms with van der Waals surface area (Å²) in [5.41, 5.74) is 7.63. The zero-order chi connectivity index (χ0) is 22.8. The Morgan fingerprint density at radius 3 is 2.21 bits per heavy atom. The Labute approximate surface area is 195 Å². The predicted octanol–water partition coefficient (Wildman–Crippen LogP) is 4.95. The van der Waals surface area contributed by atoms with Gasteiger partial charge in [0.2, 0.25) is 11.8 Å². The lowest BCUT2D eigenvalue weighted by molar-refractivity contribution is -0.117. The Balaban J connectivity index is 1.37. The van der Waals surface area contributed by atoms with Crippen LogP contribution in [0.4, 0.5) is 5.69 Å². The minimum absolute atomic E-state index is 0.0474. The molecule has 2 aromatic rings. The third-order valence-electron chi connectivity index (χ3n) is 7.20. The summed E-state index contributed by atoms with van der Waals surface area (Å²) in [4.78, 5) is 26.2. The maximum Gasteiger partial charge on any atom is 0.248 e. The fourth-order valence-electron chi connectivity index (χ4n) is 5.35. The number of rotatable bonds is 7. The second-order valence-corrected chi connectivity index (χ2v) is 9.57. The lowest BCUT2D eigenvalue weighted by atomic mass is 9.97. The standard InChI is InChI=1S/C27H32N2O4/c28-27(31)19-6-5-7-21(14-19)29-17-20(16-26(29)30)18-12-13-24(32-22-8-1-2-9-22)25(15-18)33-23-10-3-4-11-23/h5-7,12-15,20,22-23H,1-4,8-11,16-17H2,(H2,28,31)/t20-/m1/s1. The van der Waals surface area contributed by atoms with E-state index >= 15 is 0 Å². The lowest BCUT2D eigenvalue weighted by Gasteiger charge is -2.22. The van der Waals surface area contributed by atoms with Crippen molar-refractivity contribution in [3.63, 3.8) is 0 Å². The van der Waals surface area contributed by atoms with Crippen LogP contribution in [0, 0.1) is 0 Å². The number of benzene rings is 2. The van der Waals surface area contributed by atoms with Crippen LogP contribution in [0.15, 0.2) is 42.5 Å². The summed E-state index contributed by atoms with van der Waals surface area (Å²) >= 11 is 0. The van der Waals surface area contributed by atoms with Gasteiger partial charge >= 0.3 is 0 Å². The molecule has 2 amide bonds. The highest BCUT2D eigenvalue weighted by atomic mass is 16.5. The third kappa shape index (κ3) is 4.85. The van der Waals surface area contributed by atoms with Gasteiger partial charge in [-0.05, 0) is 87.3 Å². The van der Waals surface area contributed by atoms with Gasteiger partial charge in [0.15, 0.2) is 11.5 Å². The van der Waals surface area contributed by atoms with Gasteiger partial charge in [0.05, 0.1) is 12.2 Å². The zero-order valence-corrected chi connectivity index (χ0v) is 19.0. The van der Waals surface area contributed by atoms with E-state index in [0.29, 0.717) is 24.2 Å². The van der Waals surface area contributed by atoms with E-state index < -0.39 is 5.91 Å². The average Bonchev–Trinajstić information content (AvgIpc) is 3.58. The Bertz CT molecular complexity index is 1020. The van der Waals surface area contributed by atoms with E-state index in [4.69, 9.17) is 15.2 Å². The van der Waals surface area contributed by atoms with E-state index in [-0.39, 0.29) is 24.0 Å². The van der Waals surface area contributed by atoms with Crippen LogP contribution in [0.25, 0.3) is 0 Å². The third-order valence-corrected chi connectivity index (χ3v) is 7.20. The number of nitrogens with two attached hydrogens (primary N) is 1. The first kappa shape index (κ1) is 21.8. The van der Waals surface area contributed by atoms with Crippen molar-refractivity contribution in [2.45, 2.75) is 75.9 Å². The summed E-state index contributed by atoms with van der Waals surface area (Å²) < 4.78 is 12.8. The summed E-state index contributed by atoms with van der Waals surface area (Å²) in [6.07, 6.45) is 10.1. The van der Waals surface area contributed by atoms with Crippen molar-refractivity contribution in [1.82, 2.24) is 0 Å². The summed E-state index contributed by atoms with van der Waals surface area (Å²) in [6, 6.07) is 13.2. The molecule has 6 heteroatoms. The first-order valence-electron chi connectivity index (χ1n) is 12.2. The van der Waals surface area contributed by atoms with Gasteiger partial charge in [-0.2, -0.15) is 0 Å². The van der Waals surface area contributed by atoms with Crippen molar-refractivity contribution < 1.29 is 19.1 Å². The Morgan fingerprint density at radius 1 is 0.879 bits per heavy atom. The molecule has 2 aliphatic carbocycles. The van der Waals surface area contributed by atoms with E-state index in [1.54, 1.807) is 23.1 Å². The van der Waals surface area contributed by atoms with Crippen LogP contribution in [0.3, 0.4) is 0 Å². The van der Waals surface area contributed by atoms with E-state index in [9.17, 15) is 9.59 Å². The molecule has 1 saturated heterocycles. The Morgan fingerprint density at radius 2 is 1.55 bits per heavy atom. The van der Waals surface area contributed by atoms with Crippen molar-refractivity contribution in [3.8, 4) is 11.5 Å². The second kappa shape index (κ2) is 9.46. The van der Waals surface area contributed by atoms with Crippen LogP contribution in [0.2, 0.25) is 0 Å². The highest BCUT2D eigenvalue weighted by Gasteiger charge is 2.33. The maximum atomic E-state index is 12.9. The molecule has 2 N–H and O–H groups in total. The number of hydrogen-bond acceptors (Lipinski definition) is 4. The van der Waals surface area contributed by atoms with Crippen LogP contribution in [-0.2, 0) is 4.79 Å². The topological polar surface area (TPSA) is 81.9 Å². The van der Waals surface area contributed by atoms with Gasteiger partial charge < -0.3 is 20.1 Å². The molecule has 1 heterocycles. The van der Waals surface area contributed by atoms with E-state index in [0.717, 1.165) is 42.7 Å². The zero-order valence-electron chi connectivity index (χ0n) is 19.0. The molecule has 2 saturated carbocycles. The molecule has 2 aromatic carbocycles. The molecule has 0 unspecified atom stereocenters. The van der Waals surface area contributed by atoms with Crippen LogP contribution in [-0.4, -0.2) is 30.6 Å².